The van der Waals surface area contributed by atoms with E-state index in [0.717, 1.165) is 27.8 Å². The quantitative estimate of drug-likeness (QED) is 0.190. The SMILES string of the molecule is COc1ccc([C@H]2[C@H](C(=O)O)[C@@H](c3ccc4c(c3)OCO4)CN2CC(=O)NC(c2ccccc2)c2ccccc2C)cc1.O=C(O)C(F)(F)F. The van der Waals surface area contributed by atoms with Gasteiger partial charge in [0.15, 0.2) is 11.5 Å². The van der Waals surface area contributed by atoms with Crippen LogP contribution in [0.5, 0.6) is 17.2 Å². The van der Waals surface area contributed by atoms with Crippen molar-refractivity contribution in [3.05, 3.63) is 125 Å². The molecule has 2 aliphatic heterocycles. The predicted molar refractivity (Wildman–Crippen MR) is 175 cm³/mol. The maximum Gasteiger partial charge on any atom is 0.490 e. The van der Waals surface area contributed by atoms with Gasteiger partial charge in [0.2, 0.25) is 12.7 Å². The fraction of sp³-hybridized carbons (Fsp3) is 0.270. The van der Waals surface area contributed by atoms with E-state index in [-0.39, 0.29) is 31.2 Å². The molecule has 1 fully saturated rings. The number of aliphatic carboxylic acids is 2. The number of amides is 1. The van der Waals surface area contributed by atoms with Crippen molar-refractivity contribution in [2.75, 3.05) is 27.0 Å². The predicted octanol–water partition coefficient (Wildman–Crippen LogP) is 6.11. The highest BCUT2D eigenvalue weighted by Crippen LogP contribution is 2.47. The van der Waals surface area contributed by atoms with Crippen molar-refractivity contribution in [1.29, 1.82) is 0 Å². The number of halogens is 3. The maximum atomic E-state index is 13.9. The molecule has 1 saturated heterocycles. The molecule has 4 atom stereocenters. The first-order valence-corrected chi connectivity index (χ1v) is 15.6. The van der Waals surface area contributed by atoms with Crippen LogP contribution in [-0.4, -0.2) is 66.1 Å². The molecule has 4 aromatic rings. The minimum absolute atomic E-state index is 0.0245. The molecule has 0 bridgehead atoms. The first kappa shape index (κ1) is 35.7. The summed E-state index contributed by atoms with van der Waals surface area (Å²) in [6.45, 7) is 2.57. The molecule has 10 nitrogen and oxygen atoms in total. The van der Waals surface area contributed by atoms with Gasteiger partial charge in [0.1, 0.15) is 5.75 Å². The normalized spacial score (nSPS) is 18.8. The number of benzene rings is 4. The number of carboxylic acid groups (broad SMARTS) is 2. The van der Waals surface area contributed by atoms with Crippen LogP contribution in [0.4, 0.5) is 13.2 Å². The minimum atomic E-state index is -5.08. The smallest absolute Gasteiger partial charge is 0.490 e. The van der Waals surface area contributed by atoms with Gasteiger partial charge in [-0.2, -0.15) is 13.2 Å². The lowest BCUT2D eigenvalue weighted by atomic mass is 9.82. The van der Waals surface area contributed by atoms with Gasteiger partial charge in [-0.3, -0.25) is 14.5 Å². The van der Waals surface area contributed by atoms with Crippen molar-refractivity contribution in [2.45, 2.75) is 31.1 Å². The van der Waals surface area contributed by atoms with Crippen molar-refractivity contribution in [1.82, 2.24) is 10.2 Å². The van der Waals surface area contributed by atoms with E-state index in [4.69, 9.17) is 24.1 Å². The van der Waals surface area contributed by atoms with Gasteiger partial charge in [-0.25, -0.2) is 4.79 Å². The number of methoxy groups -OCH3 is 1. The second-order valence-corrected chi connectivity index (χ2v) is 11.8. The summed E-state index contributed by atoms with van der Waals surface area (Å²) in [6.07, 6.45) is -5.08. The average Bonchev–Trinajstić information content (AvgIpc) is 3.72. The molecule has 0 radical (unpaired) electrons. The monoisotopic (exact) mass is 692 g/mol. The molecule has 0 spiro atoms. The number of carbonyl (C=O) groups excluding carboxylic acids is 1. The average molecular weight is 693 g/mol. The molecule has 0 aliphatic carbocycles. The maximum absolute atomic E-state index is 13.9. The highest BCUT2D eigenvalue weighted by Gasteiger charge is 2.48. The summed E-state index contributed by atoms with van der Waals surface area (Å²) in [5, 5.41) is 21.0. The zero-order valence-corrected chi connectivity index (χ0v) is 27.1. The number of hydrogen-bond donors (Lipinski definition) is 3. The van der Waals surface area contributed by atoms with Gasteiger partial charge in [-0.15, -0.1) is 0 Å². The number of aryl methyl sites for hydroxylation is 1. The van der Waals surface area contributed by atoms with E-state index < -0.39 is 30.1 Å². The number of nitrogens with zero attached hydrogens (tertiary/aromatic N) is 1. The standard InChI is InChI=1S/C35H34N2O6.C2HF3O2/c1-22-8-6-7-11-27(22)33(23-9-4-3-5-10-23)36-31(38)20-37-19-28(25-14-17-29-30(18-25)43-21-42-29)32(35(39)40)34(37)24-12-15-26(41-2)16-13-24;3-2(4,5)1(6)7/h3-18,28,32-34H,19-21H2,1-2H3,(H,36,38)(H,39,40);(H,6,7)/t28-,32-,33?,34+;/m1./s1. The third kappa shape index (κ3) is 8.17. The largest absolute Gasteiger partial charge is 0.497 e. The number of rotatable bonds is 9. The molecule has 0 aromatic heterocycles. The Hall–Kier alpha value is -5.56. The highest BCUT2D eigenvalue weighted by atomic mass is 19.4. The summed E-state index contributed by atoms with van der Waals surface area (Å²) in [4.78, 5) is 37.7. The third-order valence-electron chi connectivity index (χ3n) is 8.69. The van der Waals surface area contributed by atoms with E-state index in [2.05, 4.69) is 5.32 Å². The van der Waals surface area contributed by atoms with Crippen LogP contribution in [0.1, 0.15) is 45.8 Å². The molecule has 50 heavy (non-hydrogen) atoms. The van der Waals surface area contributed by atoms with Crippen LogP contribution in [0, 0.1) is 12.8 Å². The molecular weight excluding hydrogens is 657 g/mol. The Morgan fingerprint density at radius 1 is 0.900 bits per heavy atom. The fourth-order valence-corrected chi connectivity index (χ4v) is 6.36. The number of hydrogen-bond acceptors (Lipinski definition) is 7. The zero-order chi connectivity index (χ0) is 36.0. The topological polar surface area (TPSA) is 135 Å². The number of fused-ring (bicyclic) bond motifs is 1. The number of ether oxygens (including phenoxy) is 3. The van der Waals surface area contributed by atoms with Crippen LogP contribution in [0.15, 0.2) is 97.1 Å². The van der Waals surface area contributed by atoms with Gasteiger partial charge in [0, 0.05) is 18.5 Å². The minimum Gasteiger partial charge on any atom is -0.497 e. The molecule has 1 amide bonds. The number of likely N-dealkylation sites (tertiary alicyclic amines) is 1. The van der Waals surface area contributed by atoms with Crippen molar-refractivity contribution in [3.8, 4) is 17.2 Å². The van der Waals surface area contributed by atoms with Gasteiger partial charge < -0.3 is 29.7 Å². The van der Waals surface area contributed by atoms with Crippen molar-refractivity contribution >= 4 is 17.8 Å². The van der Waals surface area contributed by atoms with Crippen LogP contribution in [0.3, 0.4) is 0 Å². The molecule has 4 aromatic carbocycles. The highest BCUT2D eigenvalue weighted by molar-refractivity contribution is 5.80. The van der Waals surface area contributed by atoms with Gasteiger partial charge in [0.05, 0.1) is 25.6 Å². The van der Waals surface area contributed by atoms with Crippen molar-refractivity contribution in [3.63, 3.8) is 0 Å². The van der Waals surface area contributed by atoms with E-state index >= 15 is 0 Å². The molecule has 6 rings (SSSR count). The van der Waals surface area contributed by atoms with Crippen molar-refractivity contribution < 1.29 is 52.0 Å². The molecule has 2 aliphatic rings. The van der Waals surface area contributed by atoms with Crippen LogP contribution in [0.25, 0.3) is 0 Å². The van der Waals surface area contributed by atoms with E-state index in [1.807, 2.05) is 109 Å². The summed E-state index contributed by atoms with van der Waals surface area (Å²) in [7, 11) is 1.59. The van der Waals surface area contributed by atoms with E-state index in [0.29, 0.717) is 23.8 Å². The second kappa shape index (κ2) is 15.3. The zero-order valence-electron chi connectivity index (χ0n) is 27.1. The summed E-state index contributed by atoms with van der Waals surface area (Å²) in [5.41, 5.74) is 4.70. The Morgan fingerprint density at radius 3 is 2.14 bits per heavy atom. The van der Waals surface area contributed by atoms with Gasteiger partial charge in [-0.1, -0.05) is 72.8 Å². The molecular formula is C37H35F3N2O8. The lowest BCUT2D eigenvalue weighted by Gasteiger charge is -2.28. The molecule has 1 unspecified atom stereocenters. The summed E-state index contributed by atoms with van der Waals surface area (Å²) >= 11 is 0. The third-order valence-corrected chi connectivity index (χ3v) is 8.69. The Balaban J connectivity index is 0.000000630. The Bertz CT molecular complexity index is 1820. The van der Waals surface area contributed by atoms with E-state index in [1.165, 1.54) is 0 Å². The van der Waals surface area contributed by atoms with E-state index in [1.54, 1.807) is 7.11 Å². The number of carbonyl (C=O) groups is 3. The van der Waals surface area contributed by atoms with Gasteiger partial charge >= 0.3 is 18.1 Å². The lowest BCUT2D eigenvalue weighted by molar-refractivity contribution is -0.192. The number of carboxylic acids is 2. The molecule has 0 saturated carbocycles. The van der Waals surface area contributed by atoms with Crippen LogP contribution in [0.2, 0.25) is 0 Å². The van der Waals surface area contributed by atoms with Gasteiger partial charge in [-0.05, 0) is 59.0 Å². The van der Waals surface area contributed by atoms with Crippen LogP contribution >= 0.6 is 0 Å². The summed E-state index contributed by atoms with van der Waals surface area (Å²) < 4.78 is 48.2. The first-order chi connectivity index (χ1) is 23.9. The van der Waals surface area contributed by atoms with Crippen LogP contribution < -0.4 is 19.5 Å². The number of alkyl halides is 3. The Labute approximate surface area is 286 Å². The molecule has 13 heteroatoms. The number of nitrogens with one attached hydrogen (secondary N) is 1. The Morgan fingerprint density at radius 2 is 1.52 bits per heavy atom. The molecule has 3 N–H and O–H groups in total. The van der Waals surface area contributed by atoms with Gasteiger partial charge in [0.25, 0.3) is 0 Å². The second-order valence-electron chi connectivity index (χ2n) is 11.8. The fourth-order valence-electron chi connectivity index (χ4n) is 6.36. The van der Waals surface area contributed by atoms with Crippen molar-refractivity contribution in [2.24, 2.45) is 5.92 Å². The van der Waals surface area contributed by atoms with E-state index in [9.17, 15) is 27.9 Å². The molecule has 262 valence electrons. The van der Waals surface area contributed by atoms with Crippen LogP contribution in [-0.2, 0) is 14.4 Å². The molecule has 2 heterocycles. The summed E-state index contributed by atoms with van der Waals surface area (Å²) in [6, 6.07) is 30.0. The lowest BCUT2D eigenvalue weighted by Crippen LogP contribution is -2.40. The Kier molecular flexibility index (Phi) is 11.0. The first-order valence-electron chi connectivity index (χ1n) is 15.6. The summed E-state index contributed by atoms with van der Waals surface area (Å²) in [5.74, 6) is -3.14.